The van der Waals surface area contributed by atoms with E-state index in [0.29, 0.717) is 22.6 Å². The molecule has 30 heavy (non-hydrogen) atoms. The van der Waals surface area contributed by atoms with Crippen LogP contribution in [0.3, 0.4) is 0 Å². The van der Waals surface area contributed by atoms with Crippen molar-refractivity contribution in [1.82, 2.24) is 29.5 Å². The van der Waals surface area contributed by atoms with Crippen molar-refractivity contribution in [3.8, 4) is 22.8 Å². The van der Waals surface area contributed by atoms with Gasteiger partial charge in [-0.3, -0.25) is 9.48 Å². The van der Waals surface area contributed by atoms with E-state index in [1.165, 1.54) is 30.6 Å². The predicted octanol–water partition coefficient (Wildman–Crippen LogP) is 2.88. The summed E-state index contributed by atoms with van der Waals surface area (Å²) < 4.78 is 84.9. The Hall–Kier alpha value is -3.88. The second-order valence-corrected chi connectivity index (χ2v) is 5.88. The average Bonchev–Trinajstić information content (AvgIpc) is 3.17. The summed E-state index contributed by atoms with van der Waals surface area (Å²) in [6.07, 6.45) is -3.18. The maximum atomic E-state index is 16.1. The van der Waals surface area contributed by atoms with Gasteiger partial charge in [0, 0.05) is 28.9 Å². The molecule has 0 saturated carbocycles. The summed E-state index contributed by atoms with van der Waals surface area (Å²) in [6, 6.07) is 4.29. The summed E-state index contributed by atoms with van der Waals surface area (Å²) in [5.41, 5.74) is -3.26. The van der Waals surface area contributed by atoms with E-state index in [2.05, 4.69) is 20.2 Å². The van der Waals surface area contributed by atoms with E-state index >= 15 is 4.39 Å². The molecule has 152 valence electrons. The molecule has 0 spiro atoms. The molecule has 4 aromatic rings. The Balaban J connectivity index is 1.85. The van der Waals surface area contributed by atoms with Gasteiger partial charge < -0.3 is 4.74 Å². The van der Waals surface area contributed by atoms with Crippen LogP contribution in [0, 0.1) is 0 Å². The number of benzene rings is 1. The summed E-state index contributed by atoms with van der Waals surface area (Å²) in [6.45, 7) is -0.762. The zero-order valence-corrected chi connectivity index (χ0v) is 15.5. The van der Waals surface area contributed by atoms with Crippen LogP contribution >= 0.6 is 0 Å². The fourth-order valence-corrected chi connectivity index (χ4v) is 2.56. The third kappa shape index (κ3) is 3.95. The molecule has 0 N–H and O–H groups in total. The van der Waals surface area contributed by atoms with Crippen molar-refractivity contribution in [2.45, 2.75) is 13.1 Å². The molecular formula is C21H19FN6O2. The number of ether oxygens (including phenoxy) is 1. The molecule has 8 nitrogen and oxygen atoms in total. The second kappa shape index (κ2) is 8.24. The molecule has 4 rings (SSSR count). The highest BCUT2D eigenvalue weighted by Gasteiger charge is 2.20. The Bertz CT molecular complexity index is 1570. The molecule has 0 aliphatic rings. The molecule has 0 radical (unpaired) electrons. The number of alkyl halides is 1. The maximum Gasteiger partial charge on any atom is 0.206 e. The van der Waals surface area contributed by atoms with E-state index in [9.17, 15) is 4.79 Å². The number of rotatable bonds is 6. The van der Waals surface area contributed by atoms with E-state index in [4.69, 9.17) is 15.7 Å². The van der Waals surface area contributed by atoms with Gasteiger partial charge in [0.2, 0.25) is 5.43 Å². The van der Waals surface area contributed by atoms with Gasteiger partial charge in [-0.05, 0) is 18.6 Å². The Morgan fingerprint density at radius 1 is 1.37 bits per heavy atom. The van der Waals surface area contributed by atoms with Crippen LogP contribution in [0.25, 0.3) is 17.1 Å². The molecule has 3 heterocycles. The van der Waals surface area contributed by atoms with Gasteiger partial charge in [0.25, 0.3) is 0 Å². The highest BCUT2D eigenvalue weighted by Crippen LogP contribution is 2.26. The first-order chi connectivity index (χ1) is 17.8. The van der Waals surface area contributed by atoms with Crippen LogP contribution in [0.2, 0.25) is 0 Å². The molecule has 0 saturated heterocycles. The number of halogens is 1. The standard InChI is InChI=1S/C21H19FN6O2/c1-3-30-17-11-23-21(24-12-17)15-6-4-5-14(9-15)19(22)20-18(29)7-8-28(26-20)16-10-25-27(2)13-16/h4-13,19H,3H2,1-2H3/i2D3,7D,8D,10D,13D,19D. The van der Waals surface area contributed by atoms with Crippen molar-refractivity contribution >= 4 is 0 Å². The Morgan fingerprint density at radius 3 is 2.93 bits per heavy atom. The lowest BCUT2D eigenvalue weighted by Gasteiger charge is -2.11. The topological polar surface area (TPSA) is 87.7 Å². The first-order valence-electron chi connectivity index (χ1n) is 12.7. The summed E-state index contributed by atoms with van der Waals surface area (Å²) in [5.74, 6) is 0.592. The minimum absolute atomic E-state index is 0.175. The number of aryl methyl sites for hydroxylation is 1. The lowest BCUT2D eigenvalue weighted by molar-refractivity contribution is 0.337. The molecule has 0 bridgehead atoms. The van der Waals surface area contributed by atoms with Gasteiger partial charge in [0.15, 0.2) is 17.7 Å². The second-order valence-electron chi connectivity index (χ2n) is 5.88. The number of hydrogen-bond acceptors (Lipinski definition) is 6. The van der Waals surface area contributed by atoms with E-state index < -0.39 is 54.5 Å². The minimum Gasteiger partial charge on any atom is -0.491 e. The van der Waals surface area contributed by atoms with Gasteiger partial charge in [-0.2, -0.15) is 10.2 Å². The van der Waals surface area contributed by atoms with Gasteiger partial charge in [0.1, 0.15) is 11.4 Å². The SMILES string of the molecule is [2H]c1nn(C([2H])([2H])[2H])c([2H])c1-n1nc(C([2H])(F)c2cccc(-c3ncc(OCC)cn3)c2)c(=O)c([2H])c1[2H]. The molecule has 9 heteroatoms. The molecular weight excluding hydrogens is 387 g/mol. The highest BCUT2D eigenvalue weighted by molar-refractivity contribution is 5.56. The van der Waals surface area contributed by atoms with Gasteiger partial charge in [-0.1, -0.05) is 18.2 Å². The van der Waals surface area contributed by atoms with E-state index in [0.717, 1.165) is 0 Å². The van der Waals surface area contributed by atoms with Crippen LogP contribution in [0.1, 0.15) is 35.3 Å². The normalized spacial score (nSPS) is 17.3. The summed E-state index contributed by atoms with van der Waals surface area (Å²) >= 11 is 0. The number of aromatic nitrogens is 6. The van der Waals surface area contributed by atoms with Crippen molar-refractivity contribution in [3.05, 3.63) is 82.7 Å². The van der Waals surface area contributed by atoms with Gasteiger partial charge in [-0.15, -0.1) is 0 Å². The predicted molar refractivity (Wildman–Crippen MR) is 108 cm³/mol. The summed E-state index contributed by atoms with van der Waals surface area (Å²) in [7, 11) is 0. The van der Waals surface area contributed by atoms with Crippen LogP contribution < -0.4 is 10.2 Å². The average molecular weight is 414 g/mol. The van der Waals surface area contributed by atoms with Gasteiger partial charge in [0.05, 0.1) is 38.2 Å². The summed E-state index contributed by atoms with van der Waals surface area (Å²) in [5, 5.41) is 7.16. The van der Waals surface area contributed by atoms with Crippen molar-refractivity contribution in [3.63, 3.8) is 0 Å². The van der Waals surface area contributed by atoms with Crippen LogP contribution in [-0.2, 0) is 6.98 Å². The van der Waals surface area contributed by atoms with E-state index in [1.54, 1.807) is 13.0 Å². The van der Waals surface area contributed by atoms with Crippen molar-refractivity contribution in [1.29, 1.82) is 0 Å². The largest absolute Gasteiger partial charge is 0.491 e. The first-order valence-corrected chi connectivity index (χ1v) is 8.70. The fourth-order valence-electron chi connectivity index (χ4n) is 2.56. The number of nitrogens with zero attached hydrogens (tertiary/aromatic N) is 6. The smallest absolute Gasteiger partial charge is 0.206 e. The van der Waals surface area contributed by atoms with Crippen LogP contribution in [0.5, 0.6) is 5.75 Å². The lowest BCUT2D eigenvalue weighted by atomic mass is 10.0. The molecule has 1 aromatic carbocycles. The fraction of sp³-hybridized carbons (Fsp3) is 0.190. The monoisotopic (exact) mass is 414 g/mol. The van der Waals surface area contributed by atoms with Crippen molar-refractivity contribution in [2.24, 2.45) is 6.98 Å². The van der Waals surface area contributed by atoms with Crippen LogP contribution in [-0.4, -0.2) is 36.1 Å². The van der Waals surface area contributed by atoms with Crippen LogP contribution in [0.4, 0.5) is 4.39 Å². The van der Waals surface area contributed by atoms with Crippen LogP contribution in [0.15, 0.2) is 66.0 Å². The van der Waals surface area contributed by atoms with E-state index in [-0.39, 0.29) is 16.1 Å². The third-order valence-electron chi connectivity index (χ3n) is 3.89. The third-order valence-corrected chi connectivity index (χ3v) is 3.89. The Morgan fingerprint density at radius 2 is 2.20 bits per heavy atom. The Kier molecular flexibility index (Phi) is 3.28. The van der Waals surface area contributed by atoms with Gasteiger partial charge in [-0.25, -0.2) is 19.0 Å². The Labute approximate surface area is 182 Å². The minimum atomic E-state index is -3.37. The summed E-state index contributed by atoms with van der Waals surface area (Å²) in [4.78, 5) is 21.1. The molecule has 0 aliphatic carbocycles. The van der Waals surface area contributed by atoms with Crippen molar-refractivity contribution < 1.29 is 20.1 Å². The maximum absolute atomic E-state index is 16.1. The highest BCUT2D eigenvalue weighted by atomic mass is 19.1. The lowest BCUT2D eigenvalue weighted by Crippen LogP contribution is -2.18. The first kappa shape index (κ1) is 12.0. The molecule has 1 unspecified atom stereocenters. The van der Waals surface area contributed by atoms with E-state index in [1.807, 2.05) is 0 Å². The molecule has 0 fully saturated rings. The quantitative estimate of drug-likeness (QED) is 0.482. The molecule has 3 aromatic heterocycles. The zero-order chi connectivity index (χ0) is 28.0. The molecule has 0 amide bonds. The van der Waals surface area contributed by atoms with Crippen molar-refractivity contribution in [2.75, 3.05) is 6.61 Å². The number of hydrogen-bond donors (Lipinski definition) is 0. The molecule has 1 atom stereocenters. The zero-order valence-electron chi connectivity index (χ0n) is 23.5. The van der Waals surface area contributed by atoms with Gasteiger partial charge >= 0.3 is 0 Å². The molecule has 0 aliphatic heterocycles.